The van der Waals surface area contributed by atoms with Crippen LogP contribution in [0.25, 0.3) is 16.7 Å². The third-order valence-electron chi connectivity index (χ3n) is 4.98. The zero-order valence-corrected chi connectivity index (χ0v) is 16.4. The van der Waals surface area contributed by atoms with Crippen molar-refractivity contribution in [3.63, 3.8) is 0 Å². The molecule has 2 aromatic carbocycles. The van der Waals surface area contributed by atoms with Gasteiger partial charge in [0.15, 0.2) is 0 Å². The first-order chi connectivity index (χ1) is 13.8. The number of imidazole rings is 1. The van der Waals surface area contributed by atoms with Gasteiger partial charge in [0.25, 0.3) is 11.5 Å². The number of carbonyl (C=O) groups excluding carboxylic acids is 1. The van der Waals surface area contributed by atoms with Gasteiger partial charge in [0.2, 0.25) is 0 Å². The van der Waals surface area contributed by atoms with Gasteiger partial charge in [-0.15, -0.1) is 0 Å². The highest BCUT2D eigenvalue weighted by molar-refractivity contribution is 6.04. The van der Waals surface area contributed by atoms with Crippen LogP contribution >= 0.6 is 0 Å². The van der Waals surface area contributed by atoms with Gasteiger partial charge in [-0.05, 0) is 41.3 Å². The number of H-pyrrole nitrogens is 1. The molecule has 29 heavy (non-hydrogen) atoms. The fourth-order valence-electron chi connectivity index (χ4n) is 3.36. The molecular weight excluding hydrogens is 364 g/mol. The molecule has 1 amide bonds. The molecule has 0 aliphatic heterocycles. The molecule has 0 radical (unpaired) electrons. The van der Waals surface area contributed by atoms with Crippen molar-refractivity contribution in [1.82, 2.24) is 9.38 Å². The molecule has 4 rings (SSSR count). The monoisotopic (exact) mass is 384 g/mol. The smallest absolute Gasteiger partial charge is 0.280 e. The number of para-hydroxylation sites is 2. The number of amides is 1. The summed E-state index contributed by atoms with van der Waals surface area (Å²) in [6.45, 7) is 6.30. The zero-order chi connectivity index (χ0) is 20.8. The highest BCUT2D eigenvalue weighted by Crippen LogP contribution is 2.23. The first-order valence-corrected chi connectivity index (χ1v) is 9.28. The predicted octanol–water partition coefficient (Wildman–Crippen LogP) is 4.20. The molecule has 2 aromatic heterocycles. The van der Waals surface area contributed by atoms with Crippen LogP contribution in [-0.4, -0.2) is 15.3 Å². The van der Waals surface area contributed by atoms with Gasteiger partial charge in [-0.3, -0.25) is 14.0 Å². The second-order valence-corrected chi connectivity index (χ2v) is 8.00. The van der Waals surface area contributed by atoms with E-state index in [1.165, 1.54) is 10.5 Å². The van der Waals surface area contributed by atoms with Crippen LogP contribution in [0, 0.1) is 11.3 Å². The van der Waals surface area contributed by atoms with E-state index in [1.807, 2.05) is 30.3 Å². The minimum Gasteiger partial charge on any atom is -0.338 e. The molecule has 6 heteroatoms. The fourth-order valence-corrected chi connectivity index (χ4v) is 3.36. The number of fused-ring (bicyclic) bond motifs is 3. The van der Waals surface area contributed by atoms with Crippen LogP contribution in [0.5, 0.6) is 0 Å². The summed E-state index contributed by atoms with van der Waals surface area (Å²) >= 11 is 0. The van der Waals surface area contributed by atoms with Crippen LogP contribution in [0.15, 0.2) is 59.4 Å². The van der Waals surface area contributed by atoms with Crippen LogP contribution in [0.1, 0.15) is 42.3 Å². The van der Waals surface area contributed by atoms with Gasteiger partial charge >= 0.3 is 0 Å². The summed E-state index contributed by atoms with van der Waals surface area (Å²) in [5, 5.41) is 12.2. The normalized spacial score (nSPS) is 11.5. The number of benzene rings is 2. The largest absolute Gasteiger partial charge is 0.338 e. The van der Waals surface area contributed by atoms with Crippen LogP contribution in [0.3, 0.4) is 0 Å². The van der Waals surface area contributed by atoms with Crippen molar-refractivity contribution >= 4 is 28.3 Å². The molecule has 0 spiro atoms. The number of carbonyl (C=O) groups is 1. The second-order valence-electron chi connectivity index (χ2n) is 8.00. The first-order valence-electron chi connectivity index (χ1n) is 9.28. The molecule has 4 aromatic rings. The van der Waals surface area contributed by atoms with Crippen molar-refractivity contribution in [3.8, 4) is 6.07 Å². The lowest BCUT2D eigenvalue weighted by Gasteiger charge is -2.19. The number of hydrogen-bond acceptors (Lipinski definition) is 3. The van der Waals surface area contributed by atoms with Crippen molar-refractivity contribution in [3.05, 3.63) is 81.6 Å². The Morgan fingerprint density at radius 2 is 1.79 bits per heavy atom. The summed E-state index contributed by atoms with van der Waals surface area (Å²) in [5.41, 5.74) is 3.28. The molecule has 2 N–H and O–H groups in total. The fraction of sp³-hybridized carbons (Fsp3) is 0.174. The van der Waals surface area contributed by atoms with Gasteiger partial charge < -0.3 is 10.3 Å². The minimum absolute atomic E-state index is 0.0180. The molecular formula is C23H20N4O2. The Balaban J connectivity index is 1.77. The molecule has 0 fully saturated rings. The van der Waals surface area contributed by atoms with Crippen molar-refractivity contribution in [2.45, 2.75) is 26.2 Å². The molecule has 144 valence electrons. The molecule has 0 atom stereocenters. The SMILES string of the molecule is CC(C)(C)c1ccc(C(=O)Nc2cc(C#N)c3[nH]c4ccccc4n3c2=O)cc1. The third-order valence-corrected chi connectivity index (χ3v) is 4.98. The molecule has 2 heterocycles. The average Bonchev–Trinajstić information content (AvgIpc) is 3.09. The number of hydrogen-bond donors (Lipinski definition) is 2. The Morgan fingerprint density at radius 3 is 2.45 bits per heavy atom. The van der Waals surface area contributed by atoms with Crippen LogP contribution < -0.4 is 10.9 Å². The molecule has 0 saturated carbocycles. The van der Waals surface area contributed by atoms with Crippen LogP contribution in [0.4, 0.5) is 5.69 Å². The number of nitrogens with one attached hydrogen (secondary N) is 2. The summed E-state index contributed by atoms with van der Waals surface area (Å²) in [6, 6.07) is 18.1. The van der Waals surface area contributed by atoms with Crippen molar-refractivity contribution in [2.24, 2.45) is 0 Å². The lowest BCUT2D eigenvalue weighted by molar-refractivity contribution is 0.102. The number of aromatic nitrogens is 2. The maximum Gasteiger partial charge on any atom is 0.280 e. The van der Waals surface area contributed by atoms with E-state index in [2.05, 4.69) is 37.1 Å². The summed E-state index contributed by atoms with van der Waals surface area (Å²) in [6.07, 6.45) is 0. The Kier molecular flexibility index (Phi) is 4.24. The van der Waals surface area contributed by atoms with Gasteiger partial charge in [0, 0.05) is 5.56 Å². The minimum atomic E-state index is -0.397. The van der Waals surface area contributed by atoms with Gasteiger partial charge in [-0.1, -0.05) is 45.0 Å². The first kappa shape index (κ1) is 18.5. The van der Waals surface area contributed by atoms with E-state index < -0.39 is 11.5 Å². The van der Waals surface area contributed by atoms with E-state index in [0.29, 0.717) is 16.7 Å². The van der Waals surface area contributed by atoms with Gasteiger partial charge in [-0.25, -0.2) is 0 Å². The van der Waals surface area contributed by atoms with Gasteiger partial charge in [-0.2, -0.15) is 5.26 Å². The van der Waals surface area contributed by atoms with E-state index >= 15 is 0 Å². The average molecular weight is 384 g/mol. The van der Waals surface area contributed by atoms with E-state index in [9.17, 15) is 14.9 Å². The van der Waals surface area contributed by atoms with Gasteiger partial charge in [0.05, 0.1) is 16.6 Å². The second kappa shape index (κ2) is 6.64. The van der Waals surface area contributed by atoms with Crippen molar-refractivity contribution < 1.29 is 4.79 Å². The Labute approximate surface area is 167 Å². The predicted molar refractivity (Wildman–Crippen MR) is 113 cm³/mol. The standard InChI is InChI=1S/C23H20N4O2/c1-23(2,3)16-10-8-14(9-11-16)21(28)26-18-12-15(13-24)20-25-17-6-4-5-7-19(17)27(20)22(18)29/h4-12,25H,1-3H3,(H,26,28). The molecule has 0 aliphatic rings. The van der Waals surface area contributed by atoms with Crippen molar-refractivity contribution in [2.75, 3.05) is 5.32 Å². The van der Waals surface area contributed by atoms with E-state index in [4.69, 9.17) is 0 Å². The van der Waals surface area contributed by atoms with Gasteiger partial charge in [0.1, 0.15) is 17.4 Å². The number of nitrogens with zero attached hydrogens (tertiary/aromatic N) is 2. The Hall–Kier alpha value is -3.85. The Morgan fingerprint density at radius 1 is 1.10 bits per heavy atom. The highest BCUT2D eigenvalue weighted by atomic mass is 16.2. The zero-order valence-electron chi connectivity index (χ0n) is 16.4. The molecule has 0 bridgehead atoms. The number of nitriles is 1. The maximum atomic E-state index is 13.0. The molecule has 0 saturated heterocycles. The summed E-state index contributed by atoms with van der Waals surface area (Å²) < 4.78 is 1.42. The van der Waals surface area contributed by atoms with E-state index in [1.54, 1.807) is 18.2 Å². The number of rotatable bonds is 2. The van der Waals surface area contributed by atoms with E-state index in [0.717, 1.165) is 11.1 Å². The number of pyridine rings is 1. The lowest BCUT2D eigenvalue weighted by atomic mass is 9.87. The molecule has 6 nitrogen and oxygen atoms in total. The highest BCUT2D eigenvalue weighted by Gasteiger charge is 2.17. The number of aromatic amines is 1. The number of anilines is 1. The molecule has 0 unspecified atom stereocenters. The van der Waals surface area contributed by atoms with E-state index in [-0.39, 0.29) is 16.7 Å². The summed E-state index contributed by atoms with van der Waals surface area (Å²) in [7, 11) is 0. The van der Waals surface area contributed by atoms with Crippen LogP contribution in [0.2, 0.25) is 0 Å². The molecule has 0 aliphatic carbocycles. The topological polar surface area (TPSA) is 90.2 Å². The quantitative estimate of drug-likeness (QED) is 0.543. The maximum absolute atomic E-state index is 13.0. The van der Waals surface area contributed by atoms with Crippen molar-refractivity contribution in [1.29, 1.82) is 5.26 Å². The third kappa shape index (κ3) is 3.17. The van der Waals surface area contributed by atoms with Crippen LogP contribution in [-0.2, 0) is 5.41 Å². The summed E-state index contributed by atoms with van der Waals surface area (Å²) in [5.74, 6) is -0.397. The summed E-state index contributed by atoms with van der Waals surface area (Å²) in [4.78, 5) is 28.9. The lowest BCUT2D eigenvalue weighted by Crippen LogP contribution is -2.23. The Bertz CT molecular complexity index is 1350.